The maximum Gasteiger partial charge on any atom is 0.252 e. The number of pyridine rings is 1. The van der Waals surface area contributed by atoms with E-state index in [2.05, 4.69) is 36.2 Å². The summed E-state index contributed by atoms with van der Waals surface area (Å²) in [7, 11) is 0. The second-order valence-electron chi connectivity index (χ2n) is 8.33. The molecule has 5 heteroatoms. The zero-order valence-electron chi connectivity index (χ0n) is 15.6. The molecule has 0 aliphatic heterocycles. The smallest absolute Gasteiger partial charge is 0.252 e. The molecule has 1 amide bonds. The summed E-state index contributed by atoms with van der Waals surface area (Å²) in [6.07, 6.45) is 7.15. The van der Waals surface area contributed by atoms with E-state index in [9.17, 15) is 4.79 Å². The van der Waals surface area contributed by atoms with Crippen molar-refractivity contribution in [3.05, 3.63) is 23.5 Å². The molecule has 0 unspecified atom stereocenters. The normalized spacial score (nSPS) is 26.5. The van der Waals surface area contributed by atoms with Gasteiger partial charge in [0.05, 0.1) is 17.1 Å². The molecule has 2 aliphatic rings. The average molecular weight is 340 g/mol. The zero-order chi connectivity index (χ0) is 17.7. The fourth-order valence-electron chi connectivity index (χ4n) is 5.01. The maximum absolute atomic E-state index is 13.0. The number of carbonyl (C=O) groups is 1. The molecule has 4 atom stereocenters. The van der Waals surface area contributed by atoms with Gasteiger partial charge < -0.3 is 5.32 Å². The second kappa shape index (κ2) is 6.11. The number of nitrogens with zero attached hydrogens (tertiary/aromatic N) is 3. The average Bonchev–Trinajstić information content (AvgIpc) is 3.28. The van der Waals surface area contributed by atoms with E-state index in [0.29, 0.717) is 11.5 Å². The first-order valence-electron chi connectivity index (χ1n) is 9.59. The maximum atomic E-state index is 13.0. The summed E-state index contributed by atoms with van der Waals surface area (Å²) in [5.74, 6) is 2.35. The molecule has 2 bridgehead atoms. The lowest BCUT2D eigenvalue weighted by atomic mass is 9.84. The summed E-state index contributed by atoms with van der Waals surface area (Å²) in [5, 5.41) is 8.56. The molecule has 2 aliphatic carbocycles. The van der Waals surface area contributed by atoms with Gasteiger partial charge in [-0.2, -0.15) is 5.10 Å². The molecule has 2 aromatic rings. The van der Waals surface area contributed by atoms with Crippen LogP contribution >= 0.6 is 0 Å². The van der Waals surface area contributed by atoms with E-state index >= 15 is 0 Å². The third-order valence-electron chi connectivity index (χ3n) is 6.22. The number of amides is 1. The zero-order valence-corrected chi connectivity index (χ0v) is 15.6. The third-order valence-corrected chi connectivity index (χ3v) is 6.22. The first-order chi connectivity index (χ1) is 11.9. The molecule has 1 N–H and O–H groups in total. The Bertz CT molecular complexity index is 809. The van der Waals surface area contributed by atoms with Gasteiger partial charge in [-0.15, -0.1) is 0 Å². The van der Waals surface area contributed by atoms with Crippen molar-refractivity contribution in [2.24, 2.45) is 17.8 Å². The van der Waals surface area contributed by atoms with E-state index in [1.807, 2.05) is 17.7 Å². The highest BCUT2D eigenvalue weighted by molar-refractivity contribution is 6.05. The van der Waals surface area contributed by atoms with Crippen LogP contribution in [0.15, 0.2) is 12.3 Å². The van der Waals surface area contributed by atoms with Crippen molar-refractivity contribution >= 4 is 16.9 Å². The Morgan fingerprint density at radius 1 is 1.28 bits per heavy atom. The van der Waals surface area contributed by atoms with Crippen molar-refractivity contribution in [3.8, 4) is 0 Å². The van der Waals surface area contributed by atoms with Crippen LogP contribution < -0.4 is 5.32 Å². The molecule has 0 aromatic carbocycles. The van der Waals surface area contributed by atoms with Gasteiger partial charge >= 0.3 is 0 Å². The summed E-state index contributed by atoms with van der Waals surface area (Å²) in [6.45, 7) is 8.26. The SMILES string of the molecule is Cc1cc(C(=O)N[C@H](C)[C@@H]2C[C@H]3CC[C@H]2C3)c2cnn(C(C)C)c2n1. The lowest BCUT2D eigenvalue weighted by Gasteiger charge is -2.28. The molecule has 0 saturated heterocycles. The number of nitrogens with one attached hydrogen (secondary N) is 1. The van der Waals surface area contributed by atoms with E-state index in [-0.39, 0.29) is 18.0 Å². The van der Waals surface area contributed by atoms with Crippen molar-refractivity contribution in [1.82, 2.24) is 20.1 Å². The predicted octanol–water partition coefficient (Wildman–Crippen LogP) is 3.88. The summed E-state index contributed by atoms with van der Waals surface area (Å²) >= 11 is 0. The molecule has 2 heterocycles. The largest absolute Gasteiger partial charge is 0.349 e. The number of aromatic nitrogens is 3. The number of hydrogen-bond acceptors (Lipinski definition) is 3. The van der Waals surface area contributed by atoms with Crippen molar-refractivity contribution in [1.29, 1.82) is 0 Å². The van der Waals surface area contributed by atoms with E-state index in [1.54, 1.807) is 6.20 Å². The molecule has 2 fully saturated rings. The fourth-order valence-corrected chi connectivity index (χ4v) is 5.01. The van der Waals surface area contributed by atoms with Gasteiger partial charge in [0.15, 0.2) is 5.65 Å². The number of hydrogen-bond donors (Lipinski definition) is 1. The molecule has 0 radical (unpaired) electrons. The Balaban J connectivity index is 1.59. The molecular formula is C20H28N4O. The summed E-state index contributed by atoms with van der Waals surface area (Å²) < 4.78 is 1.89. The Morgan fingerprint density at radius 3 is 2.72 bits per heavy atom. The number of carbonyl (C=O) groups excluding carboxylic acids is 1. The standard InChI is InChI=1S/C20H28N4O/c1-11(2)24-19-18(10-21-24)17(7-12(3)22-19)20(25)23-13(4)16-9-14-5-6-15(16)8-14/h7,10-11,13-16H,5-6,8-9H2,1-4H3,(H,23,25)/t13-,14+,15+,16+/m1/s1. The Kier molecular flexibility index (Phi) is 4.05. The van der Waals surface area contributed by atoms with Crippen LogP contribution in [0.25, 0.3) is 11.0 Å². The predicted molar refractivity (Wildman–Crippen MR) is 98.5 cm³/mol. The van der Waals surface area contributed by atoms with E-state index in [0.717, 1.165) is 28.6 Å². The monoisotopic (exact) mass is 340 g/mol. The van der Waals surface area contributed by atoms with Crippen LogP contribution in [0, 0.1) is 24.7 Å². The second-order valence-corrected chi connectivity index (χ2v) is 8.33. The van der Waals surface area contributed by atoms with E-state index in [4.69, 9.17) is 0 Å². The van der Waals surface area contributed by atoms with Gasteiger partial charge in [0.1, 0.15) is 0 Å². The van der Waals surface area contributed by atoms with Gasteiger partial charge in [0, 0.05) is 17.8 Å². The summed E-state index contributed by atoms with van der Waals surface area (Å²) in [5.41, 5.74) is 2.35. The van der Waals surface area contributed by atoms with Crippen LogP contribution in [-0.2, 0) is 0 Å². The Morgan fingerprint density at radius 2 is 2.08 bits per heavy atom. The van der Waals surface area contributed by atoms with Gasteiger partial charge in [-0.05, 0) is 70.8 Å². The van der Waals surface area contributed by atoms with Crippen molar-refractivity contribution < 1.29 is 4.79 Å². The molecule has 5 nitrogen and oxygen atoms in total. The molecular weight excluding hydrogens is 312 g/mol. The van der Waals surface area contributed by atoms with Crippen LogP contribution in [0.2, 0.25) is 0 Å². The minimum Gasteiger partial charge on any atom is -0.349 e. The molecule has 0 spiro atoms. The van der Waals surface area contributed by atoms with Gasteiger partial charge in [0.25, 0.3) is 5.91 Å². The van der Waals surface area contributed by atoms with Crippen LogP contribution in [0.4, 0.5) is 0 Å². The van der Waals surface area contributed by atoms with Crippen LogP contribution in [-0.4, -0.2) is 26.7 Å². The first kappa shape index (κ1) is 16.6. The summed E-state index contributed by atoms with van der Waals surface area (Å²) in [6, 6.07) is 2.33. The molecule has 2 saturated carbocycles. The number of fused-ring (bicyclic) bond motifs is 3. The molecule has 134 valence electrons. The van der Waals surface area contributed by atoms with E-state index in [1.165, 1.54) is 25.7 Å². The highest BCUT2D eigenvalue weighted by Crippen LogP contribution is 2.49. The van der Waals surface area contributed by atoms with Crippen molar-refractivity contribution in [2.45, 2.75) is 65.5 Å². The van der Waals surface area contributed by atoms with Gasteiger partial charge in [0.2, 0.25) is 0 Å². The summed E-state index contributed by atoms with van der Waals surface area (Å²) in [4.78, 5) is 17.6. The highest BCUT2D eigenvalue weighted by Gasteiger charge is 2.42. The first-order valence-corrected chi connectivity index (χ1v) is 9.59. The number of aryl methyl sites for hydroxylation is 1. The Labute approximate surface area is 149 Å². The third kappa shape index (κ3) is 2.83. The fraction of sp³-hybridized carbons (Fsp3) is 0.650. The topological polar surface area (TPSA) is 59.8 Å². The van der Waals surface area contributed by atoms with Crippen LogP contribution in [0.5, 0.6) is 0 Å². The minimum atomic E-state index is 0.00841. The lowest BCUT2D eigenvalue weighted by Crippen LogP contribution is -2.40. The quantitative estimate of drug-likeness (QED) is 0.919. The molecule has 4 rings (SSSR count). The molecule has 25 heavy (non-hydrogen) atoms. The van der Waals surface area contributed by atoms with Crippen molar-refractivity contribution in [2.75, 3.05) is 0 Å². The van der Waals surface area contributed by atoms with E-state index < -0.39 is 0 Å². The van der Waals surface area contributed by atoms with Crippen LogP contribution in [0.1, 0.15) is 68.5 Å². The highest BCUT2D eigenvalue weighted by atomic mass is 16.1. The Hall–Kier alpha value is -1.91. The van der Waals surface area contributed by atoms with Gasteiger partial charge in [-0.25, -0.2) is 9.67 Å². The molecule has 2 aromatic heterocycles. The lowest BCUT2D eigenvalue weighted by molar-refractivity contribution is 0.0917. The van der Waals surface area contributed by atoms with Crippen molar-refractivity contribution in [3.63, 3.8) is 0 Å². The van der Waals surface area contributed by atoms with Crippen LogP contribution in [0.3, 0.4) is 0 Å². The minimum absolute atomic E-state index is 0.00841. The number of rotatable bonds is 4. The van der Waals surface area contributed by atoms with Gasteiger partial charge in [-0.1, -0.05) is 6.42 Å². The van der Waals surface area contributed by atoms with Gasteiger partial charge in [-0.3, -0.25) is 4.79 Å².